The number of hydrogen-bond donors (Lipinski definition) is 0. The zero-order valence-electron chi connectivity index (χ0n) is 11.7. The Hall–Kier alpha value is -0.0200. The monoisotopic (exact) mass is 375 g/mol. The van der Waals surface area contributed by atoms with Crippen LogP contribution in [0.15, 0.2) is 29.8 Å². The van der Waals surface area contributed by atoms with Gasteiger partial charge in [-0.2, -0.15) is 0 Å². The Morgan fingerprint density at radius 2 is 1.95 bits per heavy atom. The minimum atomic E-state index is 0. The molecule has 0 amide bonds. The van der Waals surface area contributed by atoms with Gasteiger partial charge in [0.25, 0.3) is 0 Å². The van der Waals surface area contributed by atoms with E-state index < -0.39 is 0 Å². The van der Waals surface area contributed by atoms with E-state index in [1.807, 2.05) is 12.1 Å². The Labute approximate surface area is 141 Å². The van der Waals surface area contributed by atoms with Gasteiger partial charge in [-0.3, -0.25) is 0 Å². The van der Waals surface area contributed by atoms with Gasteiger partial charge in [-0.25, -0.2) is 0 Å². The number of piperidine rings is 3. The zero-order valence-corrected chi connectivity index (χ0v) is 14.8. The number of allylic oxidation sites excluding steroid dienone is 1. The minimum absolute atomic E-state index is 0. The highest BCUT2D eigenvalue weighted by molar-refractivity contribution is 6.42. The van der Waals surface area contributed by atoms with Crippen molar-refractivity contribution in [2.45, 2.75) is 19.3 Å². The lowest BCUT2D eigenvalue weighted by Crippen LogP contribution is -3.00. The first-order chi connectivity index (χ1) is 9.07. The van der Waals surface area contributed by atoms with Crippen LogP contribution in [0.2, 0.25) is 10.0 Å². The third-order valence-corrected chi connectivity index (χ3v) is 5.60. The Morgan fingerprint density at radius 3 is 2.60 bits per heavy atom. The van der Waals surface area contributed by atoms with Crippen molar-refractivity contribution in [3.8, 4) is 0 Å². The first-order valence-electron chi connectivity index (χ1n) is 7.03. The van der Waals surface area contributed by atoms with Gasteiger partial charge in [-0.1, -0.05) is 41.4 Å². The Balaban J connectivity index is 0.00000147. The summed E-state index contributed by atoms with van der Waals surface area (Å²) in [7, 11) is 2.38. The molecule has 0 aromatic heterocycles. The molecule has 0 N–H and O–H groups in total. The second kappa shape index (κ2) is 6.39. The van der Waals surface area contributed by atoms with E-state index in [9.17, 15) is 0 Å². The Bertz CT molecular complexity index is 519. The SMILES string of the molecule is C[N+]12CCC(CC1)C(=CCc1cccc(Cl)c1Cl)C2.[Br-]. The van der Waals surface area contributed by atoms with Crippen molar-refractivity contribution < 1.29 is 21.5 Å². The van der Waals surface area contributed by atoms with Gasteiger partial charge in [-0.05, 0) is 29.5 Å². The highest BCUT2D eigenvalue weighted by Gasteiger charge is 2.39. The van der Waals surface area contributed by atoms with Gasteiger partial charge in [-0.15, -0.1) is 0 Å². The largest absolute Gasteiger partial charge is 1.00 e. The van der Waals surface area contributed by atoms with Crippen molar-refractivity contribution in [1.82, 2.24) is 0 Å². The van der Waals surface area contributed by atoms with Gasteiger partial charge < -0.3 is 21.5 Å². The third-order valence-electron chi connectivity index (χ3n) is 4.74. The minimum Gasteiger partial charge on any atom is -1.00 e. The molecule has 0 atom stereocenters. The molecular formula is C16H20BrCl2N. The number of fused-ring (bicyclic) bond motifs is 3. The third kappa shape index (κ3) is 3.24. The molecule has 1 nitrogen and oxygen atoms in total. The van der Waals surface area contributed by atoms with Crippen LogP contribution in [0.25, 0.3) is 0 Å². The second-order valence-corrected chi connectivity index (χ2v) is 6.98. The predicted molar refractivity (Wildman–Crippen MR) is 81.8 cm³/mol. The molecule has 4 rings (SSSR count). The van der Waals surface area contributed by atoms with Gasteiger partial charge in [0, 0.05) is 12.8 Å². The van der Waals surface area contributed by atoms with Crippen molar-refractivity contribution in [2.24, 2.45) is 5.92 Å². The van der Waals surface area contributed by atoms with Crippen LogP contribution in [0.1, 0.15) is 18.4 Å². The average molecular weight is 377 g/mol. The number of quaternary nitrogens is 1. The molecule has 1 aromatic carbocycles. The molecule has 0 unspecified atom stereocenters. The van der Waals surface area contributed by atoms with E-state index in [1.165, 1.54) is 37.0 Å². The molecule has 0 spiro atoms. The number of benzene rings is 1. The smallest absolute Gasteiger partial charge is 0.100 e. The normalized spacial score (nSPS) is 30.4. The number of rotatable bonds is 2. The van der Waals surface area contributed by atoms with Crippen molar-refractivity contribution in [2.75, 3.05) is 26.7 Å². The molecule has 20 heavy (non-hydrogen) atoms. The maximum Gasteiger partial charge on any atom is 0.100 e. The second-order valence-electron chi connectivity index (χ2n) is 6.20. The molecule has 3 fully saturated rings. The van der Waals surface area contributed by atoms with Gasteiger partial charge in [0.2, 0.25) is 0 Å². The Kier molecular flexibility index (Phi) is 5.23. The topological polar surface area (TPSA) is 0 Å². The first kappa shape index (κ1) is 16.4. The van der Waals surface area contributed by atoms with Crippen molar-refractivity contribution in [3.05, 3.63) is 45.5 Å². The number of halogens is 3. The van der Waals surface area contributed by atoms with E-state index in [-0.39, 0.29) is 17.0 Å². The van der Waals surface area contributed by atoms with Crippen LogP contribution in [0.4, 0.5) is 0 Å². The number of likely N-dealkylation sites (N-methyl/N-ethyl adjacent to an activating group) is 1. The van der Waals surface area contributed by atoms with E-state index in [0.29, 0.717) is 10.0 Å². The van der Waals surface area contributed by atoms with E-state index in [1.54, 1.807) is 5.57 Å². The van der Waals surface area contributed by atoms with Crippen LogP contribution in [0.5, 0.6) is 0 Å². The van der Waals surface area contributed by atoms with Crippen LogP contribution in [-0.2, 0) is 6.42 Å². The molecule has 2 bridgehead atoms. The summed E-state index contributed by atoms with van der Waals surface area (Å²) in [6.07, 6.45) is 6.01. The summed E-state index contributed by atoms with van der Waals surface area (Å²) in [4.78, 5) is 0. The van der Waals surface area contributed by atoms with Gasteiger partial charge in [0.1, 0.15) is 6.54 Å². The van der Waals surface area contributed by atoms with Crippen LogP contribution in [0.3, 0.4) is 0 Å². The van der Waals surface area contributed by atoms with E-state index >= 15 is 0 Å². The molecule has 3 heterocycles. The average Bonchev–Trinajstić information content (AvgIpc) is 2.41. The standard InChI is InChI=1S/C16H20Cl2N.BrH/c1-19-9-7-12(8-10-19)14(11-19)6-5-13-3-2-4-15(17)16(13)18;/h2-4,6,12H,5,7-11H2,1H3;1H/q+1;/p-1. The maximum atomic E-state index is 6.25. The van der Waals surface area contributed by atoms with Crippen molar-refractivity contribution >= 4 is 23.2 Å². The summed E-state index contributed by atoms with van der Waals surface area (Å²) in [6, 6.07) is 5.90. The molecular weight excluding hydrogens is 357 g/mol. The highest BCUT2D eigenvalue weighted by Crippen LogP contribution is 2.36. The number of nitrogens with zero attached hydrogens (tertiary/aromatic N) is 1. The van der Waals surface area contributed by atoms with E-state index in [0.717, 1.165) is 17.9 Å². The lowest BCUT2D eigenvalue weighted by atomic mass is 9.81. The maximum absolute atomic E-state index is 6.25. The lowest BCUT2D eigenvalue weighted by Gasteiger charge is -2.48. The molecule has 0 radical (unpaired) electrons. The molecule has 0 saturated carbocycles. The summed E-state index contributed by atoms with van der Waals surface area (Å²) in [5.74, 6) is 0.818. The molecule has 110 valence electrons. The van der Waals surface area contributed by atoms with E-state index in [2.05, 4.69) is 19.2 Å². The van der Waals surface area contributed by atoms with E-state index in [4.69, 9.17) is 23.2 Å². The van der Waals surface area contributed by atoms with Crippen LogP contribution >= 0.6 is 23.2 Å². The summed E-state index contributed by atoms with van der Waals surface area (Å²) in [6.45, 7) is 3.92. The fraction of sp³-hybridized carbons (Fsp3) is 0.500. The molecule has 4 heteroatoms. The predicted octanol–water partition coefficient (Wildman–Crippen LogP) is 1.34. The van der Waals surface area contributed by atoms with Crippen LogP contribution in [0, 0.1) is 5.92 Å². The molecule has 0 aliphatic carbocycles. The Morgan fingerprint density at radius 1 is 1.25 bits per heavy atom. The molecule has 3 aliphatic rings. The summed E-state index contributed by atoms with van der Waals surface area (Å²) in [5.41, 5.74) is 2.77. The lowest BCUT2D eigenvalue weighted by molar-refractivity contribution is -0.917. The van der Waals surface area contributed by atoms with Gasteiger partial charge in [0.15, 0.2) is 0 Å². The van der Waals surface area contributed by atoms with Gasteiger partial charge in [0.05, 0.1) is 30.2 Å². The van der Waals surface area contributed by atoms with Gasteiger partial charge >= 0.3 is 0 Å². The van der Waals surface area contributed by atoms with Crippen molar-refractivity contribution in [3.63, 3.8) is 0 Å². The molecule has 3 aliphatic heterocycles. The summed E-state index contributed by atoms with van der Waals surface area (Å²) in [5, 5.41) is 1.37. The fourth-order valence-corrected chi connectivity index (χ4v) is 3.87. The number of hydrogen-bond acceptors (Lipinski definition) is 0. The highest BCUT2D eigenvalue weighted by atomic mass is 79.9. The summed E-state index contributed by atoms with van der Waals surface area (Å²) >= 11 is 12.3. The summed E-state index contributed by atoms with van der Waals surface area (Å²) < 4.78 is 1.23. The quantitative estimate of drug-likeness (QED) is 0.539. The fourth-order valence-electron chi connectivity index (χ4n) is 3.47. The zero-order chi connectivity index (χ0) is 13.5. The first-order valence-corrected chi connectivity index (χ1v) is 7.78. The molecule has 3 saturated heterocycles. The molecule has 1 aromatic rings. The van der Waals surface area contributed by atoms with Crippen LogP contribution in [-0.4, -0.2) is 31.2 Å². The van der Waals surface area contributed by atoms with Crippen LogP contribution < -0.4 is 17.0 Å². The van der Waals surface area contributed by atoms with Crippen molar-refractivity contribution in [1.29, 1.82) is 0 Å².